The molecule has 4 aromatic rings. The molecule has 36 heavy (non-hydrogen) atoms. The number of aliphatic carboxylic acids is 1. The highest BCUT2D eigenvalue weighted by Gasteiger charge is 2.15. The van der Waals surface area contributed by atoms with Gasteiger partial charge in [-0.15, -0.1) is 0 Å². The molecule has 0 aliphatic heterocycles. The van der Waals surface area contributed by atoms with E-state index in [9.17, 15) is 18.8 Å². The maximum Gasteiger partial charge on any atom is 0.307 e. The molecule has 0 unspecified atom stereocenters. The molecular formula is C25H24FN5O5. The Balaban J connectivity index is 1.41. The number of fused-ring (bicyclic) bond motifs is 1. The number of nitrogens with zero attached hydrogens (tertiary/aromatic N) is 3. The van der Waals surface area contributed by atoms with Gasteiger partial charge in [0.25, 0.3) is 5.91 Å². The van der Waals surface area contributed by atoms with Crippen LogP contribution in [0.15, 0.2) is 48.7 Å². The number of aromatic amines is 1. The van der Waals surface area contributed by atoms with Crippen molar-refractivity contribution < 1.29 is 28.6 Å². The number of rotatable bonds is 10. The normalized spacial score (nSPS) is 10.9. The summed E-state index contributed by atoms with van der Waals surface area (Å²) >= 11 is 0. The fourth-order valence-corrected chi connectivity index (χ4v) is 3.61. The molecule has 0 atom stereocenters. The number of benzene rings is 1. The van der Waals surface area contributed by atoms with Crippen LogP contribution >= 0.6 is 0 Å². The minimum atomic E-state index is -0.961. The van der Waals surface area contributed by atoms with Crippen LogP contribution < -0.4 is 5.32 Å². The number of halogens is 1. The summed E-state index contributed by atoms with van der Waals surface area (Å²) < 4.78 is 20.5. The molecule has 0 bridgehead atoms. The standard InChI is InChI=1S/C25H24FN5O5/c1-15-18(13-28-31(15)14-36-23(34)8-4-7-22(32)33)20-10-9-16-11-21(30-24(16)29-20)25(35)27-12-17-5-2-3-6-19(17)26/h2-3,5-6,9-11,13H,4,7-8,12,14H2,1H3,(H,27,35)(H,29,30)(H,32,33). The lowest BCUT2D eigenvalue weighted by atomic mass is 10.1. The Bertz CT molecular complexity index is 1430. The van der Waals surface area contributed by atoms with Crippen molar-refractivity contribution in [1.82, 2.24) is 25.1 Å². The molecule has 1 amide bonds. The molecule has 1 aromatic carbocycles. The zero-order chi connectivity index (χ0) is 25.7. The Labute approximate surface area is 205 Å². The van der Waals surface area contributed by atoms with Crippen LogP contribution in [0.25, 0.3) is 22.3 Å². The average Bonchev–Trinajstić information content (AvgIpc) is 3.44. The predicted octanol–water partition coefficient (Wildman–Crippen LogP) is 3.56. The summed E-state index contributed by atoms with van der Waals surface area (Å²) in [4.78, 5) is 42.5. The van der Waals surface area contributed by atoms with E-state index in [0.29, 0.717) is 22.6 Å². The predicted molar refractivity (Wildman–Crippen MR) is 127 cm³/mol. The third-order valence-corrected chi connectivity index (χ3v) is 5.62. The van der Waals surface area contributed by atoms with Crippen molar-refractivity contribution in [3.05, 3.63) is 71.4 Å². The molecule has 3 aromatic heterocycles. The third-order valence-electron chi connectivity index (χ3n) is 5.62. The van der Waals surface area contributed by atoms with Gasteiger partial charge >= 0.3 is 11.9 Å². The molecule has 0 aliphatic carbocycles. The monoisotopic (exact) mass is 493 g/mol. The number of esters is 1. The summed E-state index contributed by atoms with van der Waals surface area (Å²) in [5, 5.41) is 16.3. The highest BCUT2D eigenvalue weighted by Crippen LogP contribution is 2.24. The molecule has 3 heterocycles. The second-order valence-corrected chi connectivity index (χ2v) is 8.13. The van der Waals surface area contributed by atoms with Crippen LogP contribution in [0.3, 0.4) is 0 Å². The van der Waals surface area contributed by atoms with Gasteiger partial charge in [-0.3, -0.25) is 14.4 Å². The summed E-state index contributed by atoms with van der Waals surface area (Å²) in [5.41, 5.74) is 3.24. The number of pyridine rings is 1. The maximum absolute atomic E-state index is 13.8. The van der Waals surface area contributed by atoms with Gasteiger partial charge in [-0.2, -0.15) is 5.10 Å². The Morgan fingerprint density at radius 2 is 1.97 bits per heavy atom. The first kappa shape index (κ1) is 24.6. The summed E-state index contributed by atoms with van der Waals surface area (Å²) in [6.07, 6.45) is 1.73. The van der Waals surface area contributed by atoms with Crippen molar-refractivity contribution in [2.24, 2.45) is 0 Å². The summed E-state index contributed by atoms with van der Waals surface area (Å²) in [7, 11) is 0. The van der Waals surface area contributed by atoms with E-state index in [1.54, 1.807) is 36.5 Å². The summed E-state index contributed by atoms with van der Waals surface area (Å²) in [5.74, 6) is -2.23. The molecule has 0 saturated carbocycles. The van der Waals surface area contributed by atoms with Crippen LogP contribution in [0.5, 0.6) is 0 Å². The quantitative estimate of drug-likeness (QED) is 0.287. The first-order valence-electron chi connectivity index (χ1n) is 11.2. The van der Waals surface area contributed by atoms with Crippen molar-refractivity contribution >= 4 is 28.9 Å². The van der Waals surface area contributed by atoms with E-state index < -0.39 is 11.9 Å². The fourth-order valence-electron chi connectivity index (χ4n) is 3.61. The largest absolute Gasteiger partial charge is 0.481 e. The second kappa shape index (κ2) is 10.8. The number of hydrogen-bond donors (Lipinski definition) is 3. The number of H-pyrrole nitrogens is 1. The van der Waals surface area contributed by atoms with Crippen molar-refractivity contribution in [3.63, 3.8) is 0 Å². The van der Waals surface area contributed by atoms with Gasteiger partial charge < -0.3 is 20.1 Å². The molecule has 0 spiro atoms. The number of carboxylic acid groups (broad SMARTS) is 1. The van der Waals surface area contributed by atoms with Crippen LogP contribution in [0, 0.1) is 12.7 Å². The Morgan fingerprint density at radius 3 is 2.75 bits per heavy atom. The number of carboxylic acids is 1. The molecule has 10 nitrogen and oxygen atoms in total. The number of hydrogen-bond acceptors (Lipinski definition) is 6. The Kier molecular flexibility index (Phi) is 7.38. The van der Waals surface area contributed by atoms with E-state index in [1.165, 1.54) is 10.7 Å². The van der Waals surface area contributed by atoms with E-state index in [1.807, 2.05) is 13.0 Å². The van der Waals surface area contributed by atoms with Crippen molar-refractivity contribution in [2.45, 2.75) is 39.5 Å². The van der Waals surface area contributed by atoms with Crippen molar-refractivity contribution in [3.8, 4) is 11.3 Å². The second-order valence-electron chi connectivity index (χ2n) is 8.13. The van der Waals surface area contributed by atoms with Gasteiger partial charge in [-0.25, -0.2) is 14.1 Å². The zero-order valence-electron chi connectivity index (χ0n) is 19.5. The summed E-state index contributed by atoms with van der Waals surface area (Å²) in [6.45, 7) is 1.76. The molecular weight excluding hydrogens is 469 g/mol. The van der Waals surface area contributed by atoms with E-state index in [-0.39, 0.29) is 44.3 Å². The van der Waals surface area contributed by atoms with E-state index in [4.69, 9.17) is 9.84 Å². The highest BCUT2D eigenvalue weighted by atomic mass is 19.1. The first-order valence-corrected chi connectivity index (χ1v) is 11.2. The Hall–Kier alpha value is -4.54. The maximum atomic E-state index is 13.8. The van der Waals surface area contributed by atoms with Crippen LogP contribution in [-0.2, 0) is 27.6 Å². The van der Waals surface area contributed by atoms with Gasteiger partial charge in [-0.1, -0.05) is 18.2 Å². The lowest BCUT2D eigenvalue weighted by Crippen LogP contribution is -2.23. The lowest BCUT2D eigenvalue weighted by Gasteiger charge is -2.07. The molecule has 11 heteroatoms. The van der Waals surface area contributed by atoms with E-state index >= 15 is 0 Å². The van der Waals surface area contributed by atoms with Gasteiger partial charge in [0.15, 0.2) is 6.73 Å². The van der Waals surface area contributed by atoms with Gasteiger partial charge in [0.1, 0.15) is 17.2 Å². The molecule has 186 valence electrons. The zero-order valence-corrected chi connectivity index (χ0v) is 19.5. The van der Waals surface area contributed by atoms with E-state index in [0.717, 1.165) is 16.6 Å². The number of amides is 1. The first-order chi connectivity index (χ1) is 17.3. The number of carbonyl (C=O) groups is 3. The van der Waals surface area contributed by atoms with Crippen LogP contribution in [-0.4, -0.2) is 42.7 Å². The number of nitrogens with one attached hydrogen (secondary N) is 2. The number of ether oxygens (including phenoxy) is 1. The molecule has 0 saturated heterocycles. The van der Waals surface area contributed by atoms with Crippen LogP contribution in [0.2, 0.25) is 0 Å². The van der Waals surface area contributed by atoms with Crippen LogP contribution in [0.1, 0.15) is 41.0 Å². The molecule has 3 N–H and O–H groups in total. The van der Waals surface area contributed by atoms with Crippen molar-refractivity contribution in [2.75, 3.05) is 0 Å². The SMILES string of the molecule is Cc1c(-c2ccc3cc(C(=O)NCc4ccccc4F)[nH]c3n2)cnn1COC(=O)CCCC(=O)O. The minimum Gasteiger partial charge on any atom is -0.481 e. The minimum absolute atomic E-state index is 0.0146. The van der Waals surface area contributed by atoms with Crippen molar-refractivity contribution in [1.29, 1.82) is 0 Å². The Morgan fingerprint density at radius 1 is 1.17 bits per heavy atom. The number of aromatic nitrogens is 4. The lowest BCUT2D eigenvalue weighted by molar-refractivity contribution is -0.148. The third kappa shape index (κ3) is 5.74. The van der Waals surface area contributed by atoms with E-state index in [2.05, 4.69) is 20.4 Å². The molecule has 4 rings (SSSR count). The van der Waals surface area contributed by atoms with Gasteiger partial charge in [0, 0.05) is 41.6 Å². The van der Waals surface area contributed by atoms with Gasteiger partial charge in [0.2, 0.25) is 0 Å². The van der Waals surface area contributed by atoms with Gasteiger partial charge in [0.05, 0.1) is 11.9 Å². The average molecular weight is 493 g/mol. The molecule has 0 aliphatic rings. The molecule has 0 fully saturated rings. The smallest absolute Gasteiger partial charge is 0.307 e. The summed E-state index contributed by atoms with van der Waals surface area (Å²) in [6, 6.07) is 11.5. The van der Waals surface area contributed by atoms with Crippen LogP contribution in [0.4, 0.5) is 4.39 Å². The number of carbonyl (C=O) groups excluding carboxylic acids is 2. The van der Waals surface area contributed by atoms with Gasteiger partial charge in [-0.05, 0) is 37.6 Å². The molecule has 0 radical (unpaired) electrons. The fraction of sp³-hybridized carbons (Fsp3) is 0.240. The topological polar surface area (TPSA) is 139 Å². The highest BCUT2D eigenvalue weighted by molar-refractivity contribution is 5.97.